The average Bonchev–Trinajstić information content (AvgIpc) is 2.74. The topological polar surface area (TPSA) is 68.0 Å². The number of aromatic nitrogens is 1. The lowest BCUT2D eigenvalue weighted by Crippen LogP contribution is -2.42. The second kappa shape index (κ2) is 5.27. The molecular weight excluding hydrogens is 214 g/mol. The van der Waals surface area contributed by atoms with Crippen LogP contribution in [0.25, 0.3) is 0 Å². The van der Waals surface area contributed by atoms with Crippen LogP contribution in [0, 0.1) is 0 Å². The Labute approximate surface area is 102 Å². The smallest absolute Gasteiger partial charge is 0.222 e. The van der Waals surface area contributed by atoms with Gasteiger partial charge in [-0.3, -0.25) is 9.78 Å². The van der Waals surface area contributed by atoms with Gasteiger partial charge in [0.1, 0.15) is 0 Å². The molecule has 1 aromatic rings. The first-order valence-electron chi connectivity index (χ1n) is 6.12. The van der Waals surface area contributed by atoms with Crippen molar-refractivity contribution in [3.8, 4) is 0 Å². The van der Waals surface area contributed by atoms with Crippen LogP contribution in [-0.2, 0) is 11.3 Å². The Hall–Kier alpha value is -1.42. The molecule has 1 amide bonds. The van der Waals surface area contributed by atoms with Gasteiger partial charge in [0.25, 0.3) is 0 Å². The summed E-state index contributed by atoms with van der Waals surface area (Å²) in [7, 11) is 0. The van der Waals surface area contributed by atoms with Crippen LogP contribution < -0.4 is 11.1 Å². The summed E-state index contributed by atoms with van der Waals surface area (Å²) in [6.45, 7) is 0.531. The minimum absolute atomic E-state index is 0.0400. The molecule has 1 aromatic heterocycles. The zero-order valence-electron chi connectivity index (χ0n) is 9.98. The molecule has 0 bridgehead atoms. The van der Waals surface area contributed by atoms with Crippen molar-refractivity contribution in [3.63, 3.8) is 0 Å². The molecule has 1 aliphatic carbocycles. The van der Waals surface area contributed by atoms with Crippen molar-refractivity contribution >= 4 is 5.91 Å². The van der Waals surface area contributed by atoms with Gasteiger partial charge in [0.2, 0.25) is 5.91 Å². The molecule has 1 aliphatic rings. The van der Waals surface area contributed by atoms with Crippen LogP contribution in [0.2, 0.25) is 0 Å². The van der Waals surface area contributed by atoms with E-state index in [-0.39, 0.29) is 11.4 Å². The molecule has 0 saturated heterocycles. The molecule has 0 unspecified atom stereocenters. The second-order valence-corrected chi connectivity index (χ2v) is 4.88. The van der Waals surface area contributed by atoms with Gasteiger partial charge in [0.05, 0.1) is 0 Å². The van der Waals surface area contributed by atoms with Crippen molar-refractivity contribution in [3.05, 3.63) is 30.1 Å². The molecule has 2 rings (SSSR count). The molecule has 0 spiro atoms. The Balaban J connectivity index is 1.78. The zero-order chi connectivity index (χ0) is 12.1. The first-order valence-corrected chi connectivity index (χ1v) is 6.12. The third-order valence-electron chi connectivity index (χ3n) is 3.32. The molecule has 1 saturated carbocycles. The molecule has 0 aliphatic heterocycles. The quantitative estimate of drug-likeness (QED) is 0.825. The lowest BCUT2D eigenvalue weighted by molar-refractivity contribution is -0.122. The normalized spacial score (nSPS) is 17.9. The summed E-state index contributed by atoms with van der Waals surface area (Å²) in [6, 6.07) is 3.81. The largest absolute Gasteiger partial charge is 0.352 e. The molecule has 4 heteroatoms. The highest BCUT2D eigenvalue weighted by Gasteiger charge is 2.31. The first-order chi connectivity index (χ1) is 8.18. The van der Waals surface area contributed by atoms with Gasteiger partial charge in [-0.1, -0.05) is 18.9 Å². The number of hydrogen-bond donors (Lipinski definition) is 2. The predicted octanol–water partition coefficient (Wildman–Crippen LogP) is 1.36. The number of carbonyl (C=O) groups excluding carboxylic acids is 1. The summed E-state index contributed by atoms with van der Waals surface area (Å²) in [5.41, 5.74) is 6.90. The van der Waals surface area contributed by atoms with E-state index in [2.05, 4.69) is 10.3 Å². The highest BCUT2D eigenvalue weighted by molar-refractivity contribution is 5.77. The van der Waals surface area contributed by atoms with Crippen molar-refractivity contribution in [1.29, 1.82) is 0 Å². The van der Waals surface area contributed by atoms with E-state index in [4.69, 9.17) is 5.73 Å². The molecule has 0 aromatic carbocycles. The Morgan fingerprint density at radius 3 is 2.88 bits per heavy atom. The Kier molecular flexibility index (Phi) is 3.74. The van der Waals surface area contributed by atoms with E-state index in [1.807, 2.05) is 12.1 Å². The Morgan fingerprint density at radius 1 is 1.47 bits per heavy atom. The number of nitrogens with one attached hydrogen (secondary N) is 1. The maximum atomic E-state index is 11.8. The Morgan fingerprint density at radius 2 is 2.24 bits per heavy atom. The van der Waals surface area contributed by atoms with Crippen molar-refractivity contribution in [1.82, 2.24) is 10.3 Å². The number of carbonyl (C=O) groups is 1. The molecule has 1 heterocycles. The number of pyridine rings is 1. The molecule has 4 nitrogen and oxygen atoms in total. The number of hydrogen-bond acceptors (Lipinski definition) is 3. The SMILES string of the molecule is NC1(CC(=O)NCc2cccnc2)CCCC1. The molecule has 3 N–H and O–H groups in total. The minimum Gasteiger partial charge on any atom is -0.352 e. The molecule has 1 fully saturated rings. The minimum atomic E-state index is -0.265. The lowest BCUT2D eigenvalue weighted by atomic mass is 9.94. The van der Waals surface area contributed by atoms with Crippen LogP contribution in [0.3, 0.4) is 0 Å². The number of nitrogens with zero attached hydrogens (tertiary/aromatic N) is 1. The maximum absolute atomic E-state index is 11.8. The third-order valence-corrected chi connectivity index (χ3v) is 3.32. The van der Waals surface area contributed by atoms with E-state index < -0.39 is 0 Å². The van der Waals surface area contributed by atoms with Gasteiger partial charge in [-0.2, -0.15) is 0 Å². The van der Waals surface area contributed by atoms with E-state index >= 15 is 0 Å². The van der Waals surface area contributed by atoms with Crippen LogP contribution >= 0.6 is 0 Å². The summed E-state index contributed by atoms with van der Waals surface area (Å²) < 4.78 is 0. The average molecular weight is 233 g/mol. The monoisotopic (exact) mass is 233 g/mol. The third kappa shape index (κ3) is 3.53. The molecular formula is C13H19N3O. The van der Waals surface area contributed by atoms with Crippen molar-refractivity contribution < 1.29 is 4.79 Å². The van der Waals surface area contributed by atoms with Crippen LogP contribution in [0.4, 0.5) is 0 Å². The van der Waals surface area contributed by atoms with Crippen LogP contribution in [0.5, 0.6) is 0 Å². The van der Waals surface area contributed by atoms with Crippen molar-refractivity contribution in [2.45, 2.75) is 44.2 Å². The van der Waals surface area contributed by atoms with Gasteiger partial charge < -0.3 is 11.1 Å². The molecule has 0 radical (unpaired) electrons. The molecule has 92 valence electrons. The van der Waals surface area contributed by atoms with Crippen LogP contribution in [-0.4, -0.2) is 16.4 Å². The van der Waals surface area contributed by atoms with Gasteiger partial charge in [0.15, 0.2) is 0 Å². The van der Waals surface area contributed by atoms with E-state index in [1.54, 1.807) is 12.4 Å². The summed E-state index contributed by atoms with van der Waals surface area (Å²) in [6.07, 6.45) is 8.14. The number of amides is 1. The highest BCUT2D eigenvalue weighted by atomic mass is 16.1. The highest BCUT2D eigenvalue weighted by Crippen LogP contribution is 2.29. The number of nitrogens with two attached hydrogens (primary N) is 1. The van der Waals surface area contributed by atoms with Gasteiger partial charge in [-0.15, -0.1) is 0 Å². The van der Waals surface area contributed by atoms with Crippen LogP contribution in [0.1, 0.15) is 37.7 Å². The Bertz CT molecular complexity index is 372. The number of rotatable bonds is 4. The van der Waals surface area contributed by atoms with Gasteiger partial charge >= 0.3 is 0 Å². The van der Waals surface area contributed by atoms with E-state index in [0.29, 0.717) is 13.0 Å². The fraction of sp³-hybridized carbons (Fsp3) is 0.538. The van der Waals surface area contributed by atoms with E-state index in [9.17, 15) is 4.79 Å². The summed E-state index contributed by atoms with van der Waals surface area (Å²) >= 11 is 0. The lowest BCUT2D eigenvalue weighted by Gasteiger charge is -2.22. The first kappa shape index (κ1) is 12.0. The summed E-state index contributed by atoms with van der Waals surface area (Å²) in [5.74, 6) is 0.0400. The van der Waals surface area contributed by atoms with Crippen molar-refractivity contribution in [2.75, 3.05) is 0 Å². The van der Waals surface area contributed by atoms with Gasteiger partial charge in [-0.25, -0.2) is 0 Å². The van der Waals surface area contributed by atoms with Crippen molar-refractivity contribution in [2.24, 2.45) is 5.73 Å². The maximum Gasteiger partial charge on any atom is 0.222 e. The summed E-state index contributed by atoms with van der Waals surface area (Å²) in [4.78, 5) is 15.8. The zero-order valence-corrected chi connectivity index (χ0v) is 9.98. The molecule has 17 heavy (non-hydrogen) atoms. The molecule has 0 atom stereocenters. The predicted molar refractivity (Wildman–Crippen MR) is 66.1 cm³/mol. The summed E-state index contributed by atoms with van der Waals surface area (Å²) in [5, 5.41) is 2.89. The van der Waals surface area contributed by atoms with Gasteiger partial charge in [0, 0.05) is 30.9 Å². The van der Waals surface area contributed by atoms with E-state index in [1.165, 1.54) is 0 Å². The fourth-order valence-corrected chi connectivity index (χ4v) is 2.34. The van der Waals surface area contributed by atoms with E-state index in [0.717, 1.165) is 31.2 Å². The standard InChI is InChI=1S/C13H19N3O/c14-13(5-1-2-6-13)8-12(17)16-10-11-4-3-7-15-9-11/h3-4,7,9H,1-2,5-6,8,10,14H2,(H,16,17). The second-order valence-electron chi connectivity index (χ2n) is 4.88. The fourth-order valence-electron chi connectivity index (χ4n) is 2.34. The van der Waals surface area contributed by atoms with Crippen LogP contribution in [0.15, 0.2) is 24.5 Å². The van der Waals surface area contributed by atoms with Gasteiger partial charge in [-0.05, 0) is 24.5 Å².